The minimum Gasteiger partial charge on any atom is -0.395 e. The molecule has 0 saturated heterocycles. The van der Waals surface area contributed by atoms with Gasteiger partial charge in [0.05, 0.1) is 22.6 Å². The fraction of sp³-hybridized carbons (Fsp3) is 0.269. The van der Waals surface area contributed by atoms with Gasteiger partial charge in [0.25, 0.3) is 0 Å². The molecule has 1 aliphatic rings. The maximum atomic E-state index is 12.9. The zero-order valence-electron chi connectivity index (χ0n) is 18.2. The van der Waals surface area contributed by atoms with Crippen LogP contribution in [0.3, 0.4) is 0 Å². The van der Waals surface area contributed by atoms with Gasteiger partial charge in [0, 0.05) is 26.3 Å². The number of amides is 1. The highest BCUT2D eigenvalue weighted by atomic mass is 35.5. The smallest absolute Gasteiger partial charge is 0.234 e. The van der Waals surface area contributed by atoms with Crippen LogP contribution in [0.4, 0.5) is 5.69 Å². The minimum absolute atomic E-state index is 0.295. The van der Waals surface area contributed by atoms with E-state index in [0.717, 1.165) is 32.6 Å². The van der Waals surface area contributed by atoms with Crippen molar-refractivity contribution in [3.63, 3.8) is 0 Å². The number of benzene rings is 3. The van der Waals surface area contributed by atoms with Gasteiger partial charge in [-0.15, -0.1) is 23.5 Å². The number of hydrogen-bond donors (Lipinski definition) is 2. The Labute approximate surface area is 213 Å². The van der Waals surface area contributed by atoms with Gasteiger partial charge in [0.1, 0.15) is 0 Å². The van der Waals surface area contributed by atoms with Gasteiger partial charge in [0.2, 0.25) is 5.91 Å². The Morgan fingerprint density at radius 3 is 2.18 bits per heavy atom. The summed E-state index contributed by atoms with van der Waals surface area (Å²) >= 11 is 16.8. The molecule has 33 heavy (non-hydrogen) atoms. The standard InChI is InChI=1S/C26H25Cl2NO2S2/c1-2-32-19-7-3-16(4-8-19)22(15-30)26(31)29-18-13-23(27)25(24(28)14-18)17-5-9-20(10-6-17)33-21-11-12-21/h3-10,13-14,21-22,30H,2,11-12,15H2,1H3,(H,29,31). The summed E-state index contributed by atoms with van der Waals surface area (Å²) in [6, 6.07) is 19.3. The summed E-state index contributed by atoms with van der Waals surface area (Å²) in [4.78, 5) is 15.3. The molecular formula is C26H25Cl2NO2S2. The molecule has 3 aromatic rings. The van der Waals surface area contributed by atoms with Crippen molar-refractivity contribution < 1.29 is 9.90 Å². The third-order valence-electron chi connectivity index (χ3n) is 5.37. The largest absolute Gasteiger partial charge is 0.395 e. The number of carbonyl (C=O) groups is 1. The third kappa shape index (κ3) is 6.28. The van der Waals surface area contributed by atoms with E-state index in [2.05, 4.69) is 24.4 Å². The van der Waals surface area contributed by atoms with Gasteiger partial charge in [0.15, 0.2) is 0 Å². The van der Waals surface area contributed by atoms with Crippen LogP contribution in [-0.2, 0) is 4.79 Å². The summed E-state index contributed by atoms with van der Waals surface area (Å²) < 4.78 is 0. The lowest BCUT2D eigenvalue weighted by Crippen LogP contribution is -2.24. The average molecular weight is 519 g/mol. The van der Waals surface area contributed by atoms with Crippen LogP contribution >= 0.6 is 46.7 Å². The Morgan fingerprint density at radius 1 is 1.03 bits per heavy atom. The van der Waals surface area contributed by atoms with Crippen LogP contribution in [0.2, 0.25) is 10.0 Å². The molecule has 0 bridgehead atoms. The fourth-order valence-corrected chi connectivity index (χ4v) is 5.95. The van der Waals surface area contributed by atoms with Gasteiger partial charge in [-0.1, -0.05) is 54.4 Å². The zero-order valence-corrected chi connectivity index (χ0v) is 21.3. The summed E-state index contributed by atoms with van der Waals surface area (Å²) in [5.74, 6) is -0.0150. The quantitative estimate of drug-likeness (QED) is 0.285. The Bertz CT molecular complexity index is 1090. The Hall–Kier alpha value is -1.63. The van der Waals surface area contributed by atoms with Crippen molar-refractivity contribution in [2.45, 2.75) is 40.7 Å². The number of aliphatic hydroxyl groups is 1. The molecule has 0 heterocycles. The lowest BCUT2D eigenvalue weighted by Gasteiger charge is -2.17. The second-order valence-electron chi connectivity index (χ2n) is 7.88. The molecule has 2 N–H and O–H groups in total. The molecular weight excluding hydrogens is 493 g/mol. The van der Waals surface area contributed by atoms with Crippen LogP contribution in [0.1, 0.15) is 31.2 Å². The molecule has 1 fully saturated rings. The van der Waals surface area contributed by atoms with Gasteiger partial charge in [-0.25, -0.2) is 0 Å². The summed E-state index contributed by atoms with van der Waals surface area (Å²) in [6.07, 6.45) is 2.58. The van der Waals surface area contributed by atoms with E-state index in [1.165, 1.54) is 17.7 Å². The number of aliphatic hydroxyl groups excluding tert-OH is 1. The van der Waals surface area contributed by atoms with E-state index in [0.29, 0.717) is 15.7 Å². The first kappa shape index (κ1) is 24.5. The molecule has 4 rings (SSSR count). The molecule has 3 aromatic carbocycles. The van der Waals surface area contributed by atoms with Crippen LogP contribution in [0, 0.1) is 0 Å². The van der Waals surface area contributed by atoms with Crippen molar-refractivity contribution >= 4 is 58.3 Å². The summed E-state index contributed by atoms with van der Waals surface area (Å²) in [7, 11) is 0. The van der Waals surface area contributed by atoms with Crippen LogP contribution in [0.15, 0.2) is 70.5 Å². The molecule has 0 aliphatic heterocycles. The number of hydrogen-bond acceptors (Lipinski definition) is 4. The molecule has 1 amide bonds. The van der Waals surface area contributed by atoms with Crippen LogP contribution in [0.25, 0.3) is 11.1 Å². The Morgan fingerprint density at radius 2 is 1.64 bits per heavy atom. The fourth-order valence-electron chi connectivity index (χ4n) is 3.53. The summed E-state index contributed by atoms with van der Waals surface area (Å²) in [5, 5.41) is 14.4. The first-order valence-electron chi connectivity index (χ1n) is 10.9. The maximum Gasteiger partial charge on any atom is 0.234 e. The van der Waals surface area contributed by atoms with Crippen LogP contribution in [-0.4, -0.2) is 28.6 Å². The van der Waals surface area contributed by atoms with Gasteiger partial charge >= 0.3 is 0 Å². The van der Waals surface area contributed by atoms with E-state index in [-0.39, 0.29) is 12.5 Å². The van der Waals surface area contributed by atoms with Crippen molar-refractivity contribution in [2.24, 2.45) is 0 Å². The zero-order chi connectivity index (χ0) is 23.4. The van der Waals surface area contributed by atoms with Crippen molar-refractivity contribution in [1.82, 2.24) is 0 Å². The number of thioether (sulfide) groups is 2. The highest BCUT2D eigenvalue weighted by Crippen LogP contribution is 2.41. The molecule has 1 aliphatic carbocycles. The molecule has 0 radical (unpaired) electrons. The Balaban J connectivity index is 1.49. The lowest BCUT2D eigenvalue weighted by atomic mass is 9.99. The van der Waals surface area contributed by atoms with Crippen molar-refractivity contribution in [3.8, 4) is 11.1 Å². The van der Waals surface area contributed by atoms with E-state index in [1.54, 1.807) is 23.9 Å². The van der Waals surface area contributed by atoms with Crippen LogP contribution in [0.5, 0.6) is 0 Å². The van der Waals surface area contributed by atoms with Gasteiger partial charge in [-0.2, -0.15) is 0 Å². The van der Waals surface area contributed by atoms with E-state index in [4.69, 9.17) is 23.2 Å². The molecule has 1 atom stereocenters. The number of nitrogens with one attached hydrogen (secondary N) is 1. The normalized spacial score (nSPS) is 14.2. The van der Waals surface area contributed by atoms with E-state index >= 15 is 0 Å². The highest BCUT2D eigenvalue weighted by molar-refractivity contribution is 8.00. The molecule has 172 valence electrons. The molecule has 0 aromatic heterocycles. The van der Waals surface area contributed by atoms with Gasteiger partial charge in [-0.05, 0) is 66.1 Å². The average Bonchev–Trinajstić information content (AvgIpc) is 3.60. The number of rotatable bonds is 9. The van der Waals surface area contributed by atoms with E-state index in [1.807, 2.05) is 48.2 Å². The number of anilines is 1. The van der Waals surface area contributed by atoms with Crippen LogP contribution < -0.4 is 5.32 Å². The lowest BCUT2D eigenvalue weighted by molar-refractivity contribution is -0.118. The number of carbonyl (C=O) groups excluding carboxylic acids is 1. The highest BCUT2D eigenvalue weighted by Gasteiger charge is 2.23. The predicted octanol–water partition coefficient (Wildman–Crippen LogP) is 7.74. The molecule has 1 unspecified atom stereocenters. The van der Waals surface area contributed by atoms with Gasteiger partial charge in [-0.3, -0.25) is 4.79 Å². The third-order valence-corrected chi connectivity index (χ3v) is 8.21. The van der Waals surface area contributed by atoms with E-state index in [9.17, 15) is 9.90 Å². The van der Waals surface area contributed by atoms with Crippen molar-refractivity contribution in [1.29, 1.82) is 0 Å². The molecule has 1 saturated carbocycles. The second kappa shape index (κ2) is 11.2. The SMILES string of the molecule is CCSc1ccc(C(CO)C(=O)Nc2cc(Cl)c(-c3ccc(SC4CC4)cc3)c(Cl)c2)cc1. The number of halogens is 2. The molecule has 7 heteroatoms. The van der Waals surface area contributed by atoms with Crippen molar-refractivity contribution in [3.05, 3.63) is 76.3 Å². The summed E-state index contributed by atoms with van der Waals surface area (Å²) in [5.41, 5.74) is 2.92. The maximum absolute atomic E-state index is 12.9. The predicted molar refractivity (Wildman–Crippen MR) is 142 cm³/mol. The van der Waals surface area contributed by atoms with Gasteiger partial charge < -0.3 is 10.4 Å². The molecule has 0 spiro atoms. The topological polar surface area (TPSA) is 49.3 Å². The first-order chi connectivity index (χ1) is 16.0. The van der Waals surface area contributed by atoms with Crippen molar-refractivity contribution in [2.75, 3.05) is 17.7 Å². The summed E-state index contributed by atoms with van der Waals surface area (Å²) in [6.45, 7) is 1.80. The minimum atomic E-state index is -0.681. The second-order valence-corrected chi connectivity index (χ2v) is 11.4. The molecule has 3 nitrogen and oxygen atoms in total. The first-order valence-corrected chi connectivity index (χ1v) is 13.5. The Kier molecular flexibility index (Phi) is 8.31. The van der Waals surface area contributed by atoms with E-state index < -0.39 is 5.92 Å². The monoisotopic (exact) mass is 517 g/mol.